The van der Waals surface area contributed by atoms with Crippen LogP contribution < -0.4 is 27.8 Å². The minimum atomic E-state index is -0.630. The summed E-state index contributed by atoms with van der Waals surface area (Å²) in [6.07, 6.45) is 18.1. The second-order valence-electron chi connectivity index (χ2n) is 14.3. The van der Waals surface area contributed by atoms with E-state index in [4.69, 9.17) is 17.2 Å². The van der Waals surface area contributed by atoms with Gasteiger partial charge in [0.25, 0.3) is 0 Å². The zero-order valence-electron chi connectivity index (χ0n) is 34.8. The van der Waals surface area contributed by atoms with E-state index in [9.17, 15) is 47.9 Å². The molecule has 330 valence electrons. The summed E-state index contributed by atoms with van der Waals surface area (Å²) >= 11 is 0. The highest BCUT2D eigenvalue weighted by Gasteiger charge is 2.38. The van der Waals surface area contributed by atoms with Crippen LogP contribution in [0.4, 0.5) is 0 Å². The molecule has 18 heteroatoms. The van der Waals surface area contributed by atoms with Crippen molar-refractivity contribution in [1.82, 2.24) is 10.6 Å². The Balaban J connectivity index is 0.000000257. The normalized spacial score (nSPS) is 21.0. The standard InChI is InChI=1S/C9H13NO3.C9H11NO3.C8H11NO2.C8H9NO2.C5H7NO.C4H4O2/c2*1-13-9(12)5-2-6-7(10)3-4-8(6)11;2*10-7-3-2-6-5(7)1-4-8(11)9-6;6-4-1-2-5(7)3-4;1-3-4(5)6-2/h2-5,10H2,1H3;2,5H,3-4,10H2,1H3;5-6H,1-4H2,(H,9,11);1-4H2,(H,9,11);3H,1-2,6H2;1H,2H3/t;;5-,6-;;;/m..1.../s1. The van der Waals surface area contributed by atoms with Crippen LogP contribution in [0.25, 0.3) is 0 Å². The van der Waals surface area contributed by atoms with Gasteiger partial charge in [-0.15, -0.1) is 6.42 Å². The topological polar surface area (TPSA) is 301 Å². The maximum atomic E-state index is 11.2. The monoisotopic (exact) mass is 849 g/mol. The van der Waals surface area contributed by atoms with E-state index < -0.39 is 11.9 Å². The molecule has 2 heterocycles. The van der Waals surface area contributed by atoms with E-state index in [1.54, 1.807) is 5.92 Å². The molecule has 7 aliphatic rings. The van der Waals surface area contributed by atoms with E-state index in [0.717, 1.165) is 42.7 Å². The fourth-order valence-electron chi connectivity index (χ4n) is 6.77. The number of Topliss-reactive ketones (excluding diaryl/α,β-unsaturated/α-hetero) is 4. The first-order chi connectivity index (χ1) is 28.9. The molecule has 0 aromatic rings. The Morgan fingerprint density at radius 1 is 0.738 bits per heavy atom. The van der Waals surface area contributed by atoms with Crippen LogP contribution in [0.1, 0.15) is 103 Å². The average Bonchev–Trinajstić information content (AvgIpc) is 4.07. The van der Waals surface area contributed by atoms with Gasteiger partial charge in [0.1, 0.15) is 5.78 Å². The van der Waals surface area contributed by atoms with E-state index in [1.165, 1.54) is 39.6 Å². The number of piperidine rings is 1. The summed E-state index contributed by atoms with van der Waals surface area (Å²) < 4.78 is 12.9. The Kier molecular flexibility index (Phi) is 21.3. The number of allylic oxidation sites excluding steroid dienone is 9. The number of methoxy groups -OCH3 is 3. The lowest BCUT2D eigenvalue weighted by molar-refractivity contribution is -0.140. The fraction of sp³-hybridized carbons (Fsp3) is 0.488. The molecule has 2 amide bonds. The molecule has 61 heavy (non-hydrogen) atoms. The third-order valence-corrected chi connectivity index (χ3v) is 10.1. The van der Waals surface area contributed by atoms with Gasteiger partial charge in [-0.25, -0.2) is 9.59 Å². The van der Waals surface area contributed by atoms with Crippen LogP contribution in [0.3, 0.4) is 0 Å². The van der Waals surface area contributed by atoms with E-state index in [2.05, 4.69) is 31.3 Å². The maximum Gasteiger partial charge on any atom is 0.383 e. The van der Waals surface area contributed by atoms with Gasteiger partial charge in [-0.3, -0.25) is 38.4 Å². The van der Waals surface area contributed by atoms with E-state index in [0.29, 0.717) is 99.0 Å². The first kappa shape index (κ1) is 50.5. The SMILES string of the molecule is C#CC(=O)OC.COC(=O)C=CC1=C(N)CCC1=O.COC(=O)CCC1=C(N)CCC1=O.NC1=CC(=O)CC1.O=C1CCC2=C(CCC2=O)N1.O=C1CC[C@H]2C(=O)CC[C@H]2N1. The first-order valence-corrected chi connectivity index (χ1v) is 19.7. The van der Waals surface area contributed by atoms with Crippen molar-refractivity contribution in [2.75, 3.05) is 21.3 Å². The number of hydrogen-bond donors (Lipinski definition) is 5. The fourth-order valence-corrected chi connectivity index (χ4v) is 6.77. The molecule has 1 saturated carbocycles. The number of carbonyl (C=O) groups is 10. The number of ether oxygens (including phenoxy) is 3. The highest BCUT2D eigenvalue weighted by molar-refractivity contribution is 6.02. The zero-order chi connectivity index (χ0) is 45.6. The summed E-state index contributed by atoms with van der Waals surface area (Å²) in [5, 5.41) is 5.58. The number of nitrogens with two attached hydrogens (primary N) is 3. The van der Waals surface area contributed by atoms with Crippen LogP contribution >= 0.6 is 0 Å². The van der Waals surface area contributed by atoms with E-state index >= 15 is 0 Å². The molecule has 18 nitrogen and oxygen atoms in total. The molecule has 7 rings (SSSR count). The van der Waals surface area contributed by atoms with Crippen LogP contribution in [0, 0.1) is 18.3 Å². The number of amides is 2. The summed E-state index contributed by atoms with van der Waals surface area (Å²) in [5.41, 5.74) is 21.1. The molecule has 8 N–H and O–H groups in total. The van der Waals surface area contributed by atoms with Crippen LogP contribution in [-0.4, -0.2) is 86.0 Å². The molecule has 1 saturated heterocycles. The first-order valence-electron chi connectivity index (χ1n) is 19.7. The van der Waals surface area contributed by atoms with Gasteiger partial charge in [-0.05, 0) is 63.5 Å². The minimum Gasteiger partial charge on any atom is -0.469 e. The minimum absolute atomic E-state index is 0.0161. The molecule has 0 radical (unpaired) electrons. The molecule has 5 aliphatic carbocycles. The average molecular weight is 850 g/mol. The number of esters is 3. The Morgan fingerprint density at radius 3 is 1.92 bits per heavy atom. The number of nitrogens with one attached hydrogen (secondary N) is 2. The van der Waals surface area contributed by atoms with Crippen molar-refractivity contribution in [3.05, 3.63) is 57.7 Å². The molecule has 2 atom stereocenters. The Labute approximate surface area is 354 Å². The van der Waals surface area contributed by atoms with E-state index in [-0.39, 0.29) is 59.3 Å². The van der Waals surface area contributed by atoms with Crippen LogP contribution in [0.5, 0.6) is 0 Å². The lowest BCUT2D eigenvalue weighted by atomic mass is 9.93. The van der Waals surface area contributed by atoms with E-state index in [1.807, 2.05) is 0 Å². The van der Waals surface area contributed by atoms with Crippen molar-refractivity contribution < 1.29 is 62.2 Å². The third kappa shape index (κ3) is 17.2. The summed E-state index contributed by atoms with van der Waals surface area (Å²) in [4.78, 5) is 108. The molecule has 0 unspecified atom stereocenters. The number of hydrogen-bond acceptors (Lipinski definition) is 16. The molecule has 2 fully saturated rings. The van der Waals surface area contributed by atoms with Gasteiger partial charge in [-0.1, -0.05) is 0 Å². The van der Waals surface area contributed by atoms with Gasteiger partial charge < -0.3 is 42.0 Å². The van der Waals surface area contributed by atoms with Gasteiger partial charge >= 0.3 is 17.9 Å². The Morgan fingerprint density at radius 2 is 1.41 bits per heavy atom. The van der Waals surface area contributed by atoms with Crippen LogP contribution in [0.15, 0.2) is 57.7 Å². The van der Waals surface area contributed by atoms with Crippen molar-refractivity contribution >= 4 is 58.6 Å². The molecule has 2 aliphatic heterocycles. The Hall–Kier alpha value is -6.64. The third-order valence-electron chi connectivity index (χ3n) is 10.1. The van der Waals surface area contributed by atoms with Crippen molar-refractivity contribution in [3.8, 4) is 12.3 Å². The summed E-state index contributed by atoms with van der Waals surface area (Å²) in [7, 11) is 3.85. The largest absolute Gasteiger partial charge is 0.469 e. The molecular formula is C43H55N5O13. The predicted octanol–water partition coefficient (Wildman–Crippen LogP) is 1.55. The van der Waals surface area contributed by atoms with Crippen molar-refractivity contribution in [1.29, 1.82) is 0 Å². The number of rotatable bonds is 5. The van der Waals surface area contributed by atoms with Gasteiger partial charge in [0, 0.05) is 115 Å². The van der Waals surface area contributed by atoms with Crippen LogP contribution in [-0.2, 0) is 62.2 Å². The van der Waals surface area contributed by atoms with Crippen molar-refractivity contribution in [3.63, 3.8) is 0 Å². The highest BCUT2D eigenvalue weighted by Crippen LogP contribution is 2.29. The smallest absolute Gasteiger partial charge is 0.383 e. The van der Waals surface area contributed by atoms with Crippen molar-refractivity contribution in [2.45, 2.75) is 109 Å². The zero-order valence-corrected chi connectivity index (χ0v) is 34.8. The quantitative estimate of drug-likeness (QED) is 0.0862. The molecule has 0 bridgehead atoms. The van der Waals surface area contributed by atoms with Crippen molar-refractivity contribution in [2.24, 2.45) is 23.1 Å². The highest BCUT2D eigenvalue weighted by atomic mass is 16.5. The van der Waals surface area contributed by atoms with Crippen LogP contribution in [0.2, 0.25) is 0 Å². The molecule has 0 aromatic carbocycles. The number of terminal acetylenes is 1. The second kappa shape index (κ2) is 25.8. The van der Waals surface area contributed by atoms with Gasteiger partial charge in [0.15, 0.2) is 23.1 Å². The second-order valence-corrected chi connectivity index (χ2v) is 14.3. The Bertz CT molecular complexity index is 1960. The lowest BCUT2D eigenvalue weighted by Crippen LogP contribution is -2.43. The number of ketones is 5. The maximum absolute atomic E-state index is 11.2. The number of carbonyl (C=O) groups excluding carboxylic acids is 10. The molecule has 0 aromatic heterocycles. The van der Waals surface area contributed by atoms with Gasteiger partial charge in [-0.2, -0.15) is 0 Å². The lowest BCUT2D eigenvalue weighted by Gasteiger charge is -2.24. The predicted molar refractivity (Wildman–Crippen MR) is 218 cm³/mol. The summed E-state index contributed by atoms with van der Waals surface area (Å²) in [6, 6.07) is 0.170. The summed E-state index contributed by atoms with van der Waals surface area (Å²) in [6.45, 7) is 0. The molecule has 0 spiro atoms. The summed E-state index contributed by atoms with van der Waals surface area (Å²) in [5.74, 6) is 1.43. The molecular weight excluding hydrogens is 794 g/mol. The number of fused-ring (bicyclic) bond motifs is 1. The van der Waals surface area contributed by atoms with Gasteiger partial charge in [0.2, 0.25) is 11.8 Å². The van der Waals surface area contributed by atoms with Gasteiger partial charge in [0.05, 0.1) is 21.3 Å².